The lowest BCUT2D eigenvalue weighted by molar-refractivity contribution is -0.384. The molecule has 0 bridgehead atoms. The Hall–Kier alpha value is -3.94. The third-order valence-corrected chi connectivity index (χ3v) is 6.45. The number of non-ortho nitro benzene ring substituents is 1. The summed E-state index contributed by atoms with van der Waals surface area (Å²) in [5.41, 5.74) is 2.76. The van der Waals surface area contributed by atoms with E-state index in [0.29, 0.717) is 24.1 Å². The van der Waals surface area contributed by atoms with Crippen molar-refractivity contribution in [3.63, 3.8) is 0 Å². The first-order valence-corrected chi connectivity index (χ1v) is 11.9. The van der Waals surface area contributed by atoms with Crippen molar-refractivity contribution in [2.45, 2.75) is 31.7 Å². The fourth-order valence-electron chi connectivity index (χ4n) is 4.54. The summed E-state index contributed by atoms with van der Waals surface area (Å²) < 4.78 is 0. The summed E-state index contributed by atoms with van der Waals surface area (Å²) in [7, 11) is 4.09. The molecule has 182 valence electrons. The van der Waals surface area contributed by atoms with Crippen molar-refractivity contribution in [1.29, 1.82) is 0 Å². The van der Waals surface area contributed by atoms with E-state index in [4.69, 9.17) is 4.98 Å². The molecular weight excluding hydrogens is 442 g/mol. The number of carbonyl (C=O) groups excluding carboxylic acids is 1. The Labute approximate surface area is 205 Å². The Bertz CT molecular complexity index is 1230. The van der Waals surface area contributed by atoms with E-state index >= 15 is 0 Å². The molecule has 35 heavy (non-hydrogen) atoms. The number of para-hydroxylation sites is 1. The van der Waals surface area contributed by atoms with Crippen LogP contribution >= 0.6 is 0 Å². The molecule has 2 N–H and O–H groups in total. The summed E-state index contributed by atoms with van der Waals surface area (Å²) in [5, 5.41) is 18.6. The third kappa shape index (κ3) is 6.35. The number of carbonyl (C=O) groups is 1. The van der Waals surface area contributed by atoms with Crippen molar-refractivity contribution in [1.82, 2.24) is 10.3 Å². The summed E-state index contributed by atoms with van der Waals surface area (Å²) in [5.74, 6) is 1.15. The third-order valence-electron chi connectivity index (χ3n) is 6.45. The SMILES string of the molecule is CN(C)c1cc(NC2CCC(CNC(=O)C=Cc3cccc([N+](=O)[O-])c3)CC2)nc2ccccc12. The highest BCUT2D eigenvalue weighted by Gasteiger charge is 2.22. The summed E-state index contributed by atoms with van der Waals surface area (Å²) in [4.78, 5) is 29.6. The van der Waals surface area contributed by atoms with E-state index in [-0.39, 0.29) is 11.6 Å². The van der Waals surface area contributed by atoms with Crippen molar-refractivity contribution in [2.75, 3.05) is 30.9 Å². The van der Waals surface area contributed by atoms with Gasteiger partial charge in [-0.3, -0.25) is 14.9 Å². The fourth-order valence-corrected chi connectivity index (χ4v) is 4.54. The minimum absolute atomic E-state index is 0.00903. The van der Waals surface area contributed by atoms with Gasteiger partial charge in [-0.1, -0.05) is 30.3 Å². The zero-order chi connectivity index (χ0) is 24.8. The maximum Gasteiger partial charge on any atom is 0.270 e. The van der Waals surface area contributed by atoms with Crippen LogP contribution in [0.3, 0.4) is 0 Å². The van der Waals surface area contributed by atoms with Gasteiger partial charge in [0.15, 0.2) is 0 Å². The number of nitrogens with zero attached hydrogens (tertiary/aromatic N) is 3. The topological polar surface area (TPSA) is 100 Å². The number of anilines is 2. The van der Waals surface area contributed by atoms with E-state index in [2.05, 4.69) is 27.7 Å². The molecule has 2 aromatic carbocycles. The molecule has 0 radical (unpaired) electrons. The average Bonchev–Trinajstić information content (AvgIpc) is 2.86. The number of hydrogen-bond acceptors (Lipinski definition) is 6. The Balaban J connectivity index is 1.26. The van der Waals surface area contributed by atoms with Gasteiger partial charge in [0.1, 0.15) is 5.82 Å². The van der Waals surface area contributed by atoms with Crippen molar-refractivity contribution in [2.24, 2.45) is 5.92 Å². The van der Waals surface area contributed by atoms with Gasteiger partial charge in [0.05, 0.1) is 10.4 Å². The summed E-state index contributed by atoms with van der Waals surface area (Å²) >= 11 is 0. The highest BCUT2D eigenvalue weighted by Crippen LogP contribution is 2.30. The molecule has 0 aliphatic heterocycles. The van der Waals surface area contributed by atoms with Crippen molar-refractivity contribution in [3.05, 3.63) is 76.4 Å². The van der Waals surface area contributed by atoms with E-state index in [1.54, 1.807) is 18.2 Å². The first-order chi connectivity index (χ1) is 16.9. The fraction of sp³-hybridized carbons (Fsp3) is 0.333. The van der Waals surface area contributed by atoms with Crippen LogP contribution in [0.2, 0.25) is 0 Å². The monoisotopic (exact) mass is 473 g/mol. The maximum atomic E-state index is 12.2. The van der Waals surface area contributed by atoms with Gasteiger partial charge in [-0.25, -0.2) is 4.98 Å². The Kier molecular flexibility index (Phi) is 7.60. The second-order valence-corrected chi connectivity index (χ2v) is 9.23. The van der Waals surface area contributed by atoms with E-state index in [0.717, 1.165) is 48.1 Å². The van der Waals surface area contributed by atoms with E-state index in [1.807, 2.05) is 32.3 Å². The second kappa shape index (κ2) is 11.0. The molecule has 1 heterocycles. The van der Waals surface area contributed by atoms with Crippen molar-refractivity contribution < 1.29 is 9.72 Å². The molecule has 3 aromatic rings. The summed E-state index contributed by atoms with van der Waals surface area (Å²) in [6, 6.07) is 16.9. The predicted molar refractivity (Wildman–Crippen MR) is 141 cm³/mol. The minimum atomic E-state index is -0.445. The van der Waals surface area contributed by atoms with Gasteiger partial charge in [0, 0.05) is 62.0 Å². The predicted octanol–water partition coefficient (Wildman–Crippen LogP) is 5.01. The number of aromatic nitrogens is 1. The molecule has 0 spiro atoms. The van der Waals surface area contributed by atoms with Crippen LogP contribution < -0.4 is 15.5 Å². The number of rotatable bonds is 8. The standard InChI is InChI=1S/C27H31N5O3/c1-31(2)25-17-26(30-24-9-4-3-8-23(24)25)29-21-13-10-20(11-14-21)18-28-27(33)15-12-19-6-5-7-22(16-19)32(34)35/h3-9,12,15-17,20-21H,10-11,13-14,18H2,1-2H3,(H,28,33)(H,29,30). The lowest BCUT2D eigenvalue weighted by atomic mass is 9.86. The average molecular weight is 474 g/mol. The number of amides is 1. The Morgan fingerprint density at radius 1 is 1.11 bits per heavy atom. The quantitative estimate of drug-likeness (QED) is 0.271. The van der Waals surface area contributed by atoms with Gasteiger partial charge in [-0.2, -0.15) is 0 Å². The summed E-state index contributed by atoms with van der Waals surface area (Å²) in [6.07, 6.45) is 7.13. The maximum absolute atomic E-state index is 12.2. The van der Waals surface area contributed by atoms with Crippen molar-refractivity contribution >= 4 is 40.1 Å². The van der Waals surface area contributed by atoms with Crippen LogP contribution in [0.1, 0.15) is 31.2 Å². The largest absolute Gasteiger partial charge is 0.377 e. The molecule has 1 amide bonds. The van der Waals surface area contributed by atoms with Gasteiger partial charge in [-0.15, -0.1) is 0 Å². The number of pyridine rings is 1. The van der Waals surface area contributed by atoms with E-state index in [9.17, 15) is 14.9 Å². The molecule has 8 heteroatoms. The smallest absolute Gasteiger partial charge is 0.270 e. The zero-order valence-corrected chi connectivity index (χ0v) is 20.1. The number of fused-ring (bicyclic) bond motifs is 1. The molecule has 1 aliphatic rings. The summed E-state index contributed by atoms with van der Waals surface area (Å²) in [6.45, 7) is 0.629. The van der Waals surface area contributed by atoms with Crippen LogP contribution in [0.4, 0.5) is 17.2 Å². The molecule has 0 atom stereocenters. The first kappa shape index (κ1) is 24.2. The number of hydrogen-bond donors (Lipinski definition) is 2. The van der Waals surface area contributed by atoms with Gasteiger partial charge in [-0.05, 0) is 49.3 Å². The molecule has 1 aliphatic carbocycles. The highest BCUT2D eigenvalue weighted by atomic mass is 16.6. The molecule has 1 saturated carbocycles. The molecule has 1 fully saturated rings. The van der Waals surface area contributed by atoms with Crippen LogP contribution in [0, 0.1) is 16.0 Å². The molecule has 0 unspecified atom stereocenters. The van der Waals surface area contributed by atoms with Crippen LogP contribution in [-0.2, 0) is 4.79 Å². The Morgan fingerprint density at radius 3 is 2.63 bits per heavy atom. The second-order valence-electron chi connectivity index (χ2n) is 9.23. The number of nitrogens with one attached hydrogen (secondary N) is 2. The lowest BCUT2D eigenvalue weighted by Crippen LogP contribution is -2.33. The van der Waals surface area contributed by atoms with E-state index < -0.39 is 4.92 Å². The van der Waals surface area contributed by atoms with Crippen LogP contribution in [0.15, 0.2) is 60.7 Å². The van der Waals surface area contributed by atoms with Crippen LogP contribution in [-0.4, -0.2) is 42.5 Å². The van der Waals surface area contributed by atoms with E-state index in [1.165, 1.54) is 18.2 Å². The van der Waals surface area contributed by atoms with Gasteiger partial charge < -0.3 is 15.5 Å². The number of nitro groups is 1. The normalized spacial score (nSPS) is 17.9. The Morgan fingerprint density at radius 2 is 1.89 bits per heavy atom. The highest BCUT2D eigenvalue weighted by molar-refractivity contribution is 5.93. The zero-order valence-electron chi connectivity index (χ0n) is 20.1. The molecule has 4 rings (SSSR count). The minimum Gasteiger partial charge on any atom is -0.377 e. The van der Waals surface area contributed by atoms with Crippen LogP contribution in [0.25, 0.3) is 17.0 Å². The molecule has 8 nitrogen and oxygen atoms in total. The van der Waals surface area contributed by atoms with Gasteiger partial charge in [0.25, 0.3) is 5.69 Å². The molecule has 0 saturated heterocycles. The van der Waals surface area contributed by atoms with Crippen LogP contribution in [0.5, 0.6) is 0 Å². The van der Waals surface area contributed by atoms with Crippen molar-refractivity contribution in [3.8, 4) is 0 Å². The van der Waals surface area contributed by atoms with Gasteiger partial charge >= 0.3 is 0 Å². The number of benzene rings is 2. The van der Waals surface area contributed by atoms with Gasteiger partial charge in [0.2, 0.25) is 5.91 Å². The molecular formula is C27H31N5O3. The number of nitro benzene ring substituents is 1. The molecule has 1 aromatic heterocycles. The lowest BCUT2D eigenvalue weighted by Gasteiger charge is -2.30. The first-order valence-electron chi connectivity index (χ1n) is 11.9.